The first-order valence-corrected chi connectivity index (χ1v) is 32.3. The Balaban J connectivity index is 14.5. The fraction of sp³-hybridized carbons (Fsp3) is 1.00. The van der Waals surface area contributed by atoms with Gasteiger partial charge in [-0.1, -0.05) is 0 Å². The van der Waals surface area contributed by atoms with Crippen LogP contribution in [0.25, 0.3) is 0 Å². The van der Waals surface area contributed by atoms with Crippen LogP contribution in [0.4, 0.5) is 0 Å². The molecule has 0 atom stereocenters. The van der Waals surface area contributed by atoms with Crippen molar-refractivity contribution in [3.8, 4) is 0 Å². The quantitative estimate of drug-likeness (QED) is 0.0533. The Morgan fingerprint density at radius 3 is 0.214 bits per heavy atom. The predicted octanol–water partition coefficient (Wildman–Crippen LogP) is -36.6. The van der Waals surface area contributed by atoms with Gasteiger partial charge >= 0.3 is 0 Å². The molecular weight excluding hydrogens is 1060 g/mol. The lowest BCUT2D eigenvalue weighted by Gasteiger charge is -2.64. The van der Waals surface area contributed by atoms with Crippen LogP contribution in [0.1, 0.15) is 0 Å². The van der Waals surface area contributed by atoms with Crippen molar-refractivity contribution in [3.63, 3.8) is 0 Å². The third-order valence-corrected chi connectivity index (χ3v) is 20.9. The summed E-state index contributed by atoms with van der Waals surface area (Å²) in [6.07, 6.45) is -81.6. The molecule has 0 fully saturated rings. The fourth-order valence-corrected chi connectivity index (χ4v) is 17.7. The van der Waals surface area contributed by atoms with Crippen LogP contribution in [0.2, 0.25) is 5.62 Å². The maximum atomic E-state index is 7.26. The minimum Gasteiger partial charge on any atom is -0.146 e. The molecule has 0 spiro atoms. The van der Waals surface area contributed by atoms with Gasteiger partial charge in [-0.2, -0.15) is 0 Å². The molecule has 0 rings (SSSR count). The zero-order valence-electron chi connectivity index (χ0n) is 56.6. The molecule has 0 bridgehead atoms. The number of hydrogen-bond acceptors (Lipinski definition) is 0. The van der Waals surface area contributed by atoms with Gasteiger partial charge in [0.2, 0.25) is 0 Å². The zero-order chi connectivity index (χ0) is 77.7. The average Bonchev–Trinajstić information content (AvgIpc) is 3.37. The highest BCUT2D eigenvalue weighted by atomic mass is 13.7. The molecule has 0 aromatic rings. The van der Waals surface area contributed by atoms with Crippen molar-refractivity contribution >= 4 is 687 Å². The molecule has 0 nitrogen and oxygen atoms in total. The summed E-state index contributed by atoms with van der Waals surface area (Å²) in [6.45, 7) is -6.54. The maximum Gasteiger partial charge on any atom is 0.0294 e. The first-order chi connectivity index (χ1) is 44.5. The maximum absolute atomic E-state index is 7.26. The van der Waals surface area contributed by atoms with E-state index >= 15 is 0 Å². The Morgan fingerprint density at radius 1 is 0.0816 bits per heavy atom. The smallest absolute Gasteiger partial charge is 0.0294 e. The zero-order valence-corrected chi connectivity index (χ0v) is 56.6. The second-order valence-corrected chi connectivity index (χ2v) is 27.7. The first kappa shape index (κ1) is 104. The minimum absolute atomic E-state index is 1.67. The fourth-order valence-electron chi connectivity index (χ4n) is 17.7. The van der Waals surface area contributed by atoms with Crippen molar-refractivity contribution in [2.45, 2.75) is 5.62 Å². The van der Waals surface area contributed by atoms with Gasteiger partial charge in [-0.15, -0.1) is 5.62 Å². The summed E-state index contributed by atoms with van der Waals surface area (Å²) in [4.78, 5) is 0. The van der Waals surface area contributed by atoms with Crippen molar-refractivity contribution in [1.29, 1.82) is 0 Å². The first-order valence-electron chi connectivity index (χ1n) is 32.3. The third-order valence-electron chi connectivity index (χ3n) is 20.9. The molecule has 0 aliphatic carbocycles. The largest absolute Gasteiger partial charge is 0.146 e. The molecule has 0 aliphatic heterocycles. The molecule has 97 heteroatoms. The van der Waals surface area contributed by atoms with Crippen LogP contribution in [-0.2, 0) is 0 Å². The molecular formula is CHB97. The third kappa shape index (κ3) is 27.8. The van der Waals surface area contributed by atoms with Crippen molar-refractivity contribution in [3.05, 3.63) is 0 Å². The standard InChI is InChI=1S/CHB97/c2-55(3)86(56(4)5)80(87(57(6)7)58(8)9)52(81(88(59(10)11)60(12)13)89(61(14)15)62(16)17)1(53(82(90(63(18)19)64(20)21)91(65(22)23)66(24)25)83(92(67(26)27)68(28)29)93(69(30)31)70(32)33)54(84(94(71(34)35)72(36)37)95(73(38)39)74(40)41)85(96(75(42)43)76(44)45)98(79(50)51)97(77(46)47)78(48)49/h1H. The van der Waals surface area contributed by atoms with Gasteiger partial charge in [-0.3, -0.25) is 0 Å². The van der Waals surface area contributed by atoms with Crippen LogP contribution in [0.3, 0.4) is 0 Å². The van der Waals surface area contributed by atoms with Crippen LogP contribution in [0, 0.1) is 0 Å². The average molecular weight is 1060 g/mol. The number of hydrogen-bond donors (Lipinski definition) is 0. The van der Waals surface area contributed by atoms with E-state index < -0.39 is 306 Å². The van der Waals surface area contributed by atoms with Crippen LogP contribution in [0.5, 0.6) is 0 Å². The Kier molecular flexibility index (Phi) is 50.9. The molecule has 296 valence electrons. The molecule has 0 saturated carbocycles. The van der Waals surface area contributed by atoms with E-state index in [1.807, 2.05) is 0 Å². The Bertz CT molecular complexity index is 1650. The summed E-state index contributed by atoms with van der Waals surface area (Å²) in [5, 5.41) is 0. The normalized spacial score (nSPS) is 9.93. The van der Waals surface area contributed by atoms with E-state index in [4.69, 9.17) is 387 Å². The van der Waals surface area contributed by atoms with Gasteiger partial charge in [-0.05, 0) is 0 Å². The Labute approximate surface area is 685 Å². The van der Waals surface area contributed by atoms with Crippen LogP contribution >= 0.6 is 0 Å². The summed E-state index contributed by atoms with van der Waals surface area (Å²) >= 11 is 0. The Hall–Kier alpha value is 6.30. The van der Waals surface area contributed by atoms with Gasteiger partial charge in [0.05, 0.1) is 0 Å². The molecule has 0 aliphatic rings. The van der Waals surface area contributed by atoms with Gasteiger partial charge in [0.15, 0.2) is 0 Å². The molecule has 0 saturated heterocycles. The van der Waals surface area contributed by atoms with Gasteiger partial charge in [0.25, 0.3) is 0 Å². The SMILES string of the molecule is [B]B([B])B(B([B])[B])B(B([B])[B])B(B(B([B])[B])B([B])[B])B(B(B(B([B])[B])B([B])[B])B(B([B])[B])B([B])[B])C(B(B(B(B([B])[B])B([B])[B])B(B([B])[B])B([B])[B])B(B(B([B])[B])B([B])[B])B(B([B])[B])B([B])[B])B(B(B(B([B])[B])B([B])[B])B(B([B])[B])B([B])[B])B(B(B([B])[B])B([B])[B])B(B([B])[B])B([B])[B]. The molecule has 0 aromatic heterocycles. The van der Waals surface area contributed by atoms with E-state index in [1.165, 1.54) is 0 Å². The summed E-state index contributed by atoms with van der Waals surface area (Å²) in [5.41, 5.74) is -2.29. The highest BCUT2D eigenvalue weighted by molar-refractivity contribution is 8.33. The second-order valence-electron chi connectivity index (χ2n) is 27.7. The lowest BCUT2D eigenvalue weighted by atomic mass is 8.26. The van der Waals surface area contributed by atoms with E-state index in [9.17, 15) is 0 Å². The lowest BCUT2D eigenvalue weighted by Crippen LogP contribution is -2.96. The van der Waals surface area contributed by atoms with Crippen LogP contribution < -0.4 is 0 Å². The van der Waals surface area contributed by atoms with E-state index in [-0.39, 0.29) is 0 Å². The summed E-state index contributed by atoms with van der Waals surface area (Å²) in [5.74, 6) is 0. The van der Waals surface area contributed by atoms with E-state index in [0.717, 1.165) is 0 Å². The number of rotatable bonds is 47. The van der Waals surface area contributed by atoms with Crippen LogP contribution in [-0.4, -0.2) is 687 Å². The molecule has 100 radical (unpaired) electrons. The van der Waals surface area contributed by atoms with Gasteiger partial charge < -0.3 is 0 Å². The summed E-state index contributed by atoms with van der Waals surface area (Å²) in [7, 11) is 354. The monoisotopic (exact) mass is 1080 g/mol. The van der Waals surface area contributed by atoms with Crippen molar-refractivity contribution < 1.29 is 0 Å². The summed E-state index contributed by atoms with van der Waals surface area (Å²) in [6, 6.07) is 0. The molecule has 0 N–H and O–H groups in total. The van der Waals surface area contributed by atoms with Crippen molar-refractivity contribution in [1.82, 2.24) is 0 Å². The molecule has 0 unspecified atom stereocenters. The van der Waals surface area contributed by atoms with Crippen molar-refractivity contribution in [2.24, 2.45) is 0 Å². The van der Waals surface area contributed by atoms with E-state index in [0.29, 0.717) is 0 Å². The van der Waals surface area contributed by atoms with Gasteiger partial charge in [0.1, 0.15) is 0 Å². The molecule has 0 heterocycles. The highest BCUT2D eigenvalue weighted by Crippen LogP contribution is 2.38. The molecule has 0 aromatic carbocycles. The van der Waals surface area contributed by atoms with Gasteiger partial charge in [-0.25, -0.2) is 0 Å². The minimum atomic E-state index is -2.29. The van der Waals surface area contributed by atoms with E-state index in [2.05, 4.69) is 0 Å². The Morgan fingerprint density at radius 2 is 0.143 bits per heavy atom. The van der Waals surface area contributed by atoms with Gasteiger partial charge in [0, 0.05) is 687 Å². The predicted molar refractivity (Wildman–Crippen MR) is 562 cm³/mol. The molecule has 98 heavy (non-hydrogen) atoms. The van der Waals surface area contributed by atoms with Crippen molar-refractivity contribution in [2.75, 3.05) is 0 Å². The topological polar surface area (TPSA) is 0 Å². The van der Waals surface area contributed by atoms with E-state index in [1.54, 1.807) is 0 Å². The van der Waals surface area contributed by atoms with Crippen LogP contribution in [0.15, 0.2) is 0 Å². The summed E-state index contributed by atoms with van der Waals surface area (Å²) < 4.78 is 0. The second kappa shape index (κ2) is 47.9. The molecule has 0 amide bonds. The highest BCUT2D eigenvalue weighted by Gasteiger charge is 2.68. The lowest BCUT2D eigenvalue weighted by molar-refractivity contribution is 1.80.